The molecule has 80 valence electrons. The van der Waals surface area contributed by atoms with Crippen LogP contribution in [0.1, 0.15) is 18.4 Å². The molecule has 4 nitrogen and oxygen atoms in total. The van der Waals surface area contributed by atoms with Crippen LogP contribution in [0.4, 0.5) is 5.13 Å². The van der Waals surface area contributed by atoms with E-state index in [0.717, 1.165) is 34.6 Å². The summed E-state index contributed by atoms with van der Waals surface area (Å²) in [6, 6.07) is 0. The van der Waals surface area contributed by atoms with E-state index in [1.807, 2.05) is 6.92 Å². The first kappa shape index (κ1) is 11.7. The van der Waals surface area contributed by atoms with E-state index >= 15 is 0 Å². The zero-order valence-corrected chi connectivity index (χ0v) is 9.83. The molecule has 0 saturated heterocycles. The van der Waals surface area contributed by atoms with E-state index in [4.69, 9.17) is 5.11 Å². The summed E-state index contributed by atoms with van der Waals surface area (Å²) in [6.45, 7) is 3.19. The van der Waals surface area contributed by atoms with Gasteiger partial charge in [-0.2, -0.15) is 11.8 Å². The first-order valence-electron chi connectivity index (χ1n) is 4.61. The summed E-state index contributed by atoms with van der Waals surface area (Å²) in [6.07, 6.45) is 0.851. The molecule has 0 aliphatic carbocycles. The van der Waals surface area contributed by atoms with Crippen molar-refractivity contribution in [2.75, 3.05) is 24.2 Å². The van der Waals surface area contributed by atoms with Crippen LogP contribution in [0.3, 0.4) is 0 Å². The number of aliphatic hydroxyl groups is 1. The Kier molecular flexibility index (Phi) is 5.89. The fourth-order valence-electron chi connectivity index (χ4n) is 0.861. The van der Waals surface area contributed by atoms with Gasteiger partial charge in [0.1, 0.15) is 5.01 Å². The lowest BCUT2D eigenvalue weighted by Crippen LogP contribution is -1.94. The normalized spacial score (nSPS) is 10.4. The van der Waals surface area contributed by atoms with Crippen molar-refractivity contribution in [2.24, 2.45) is 0 Å². The number of thioether (sulfide) groups is 1. The SMILES string of the molecule is CCNc1nnc(CSCCCO)s1. The van der Waals surface area contributed by atoms with Gasteiger partial charge < -0.3 is 10.4 Å². The van der Waals surface area contributed by atoms with Gasteiger partial charge in [0.05, 0.1) is 0 Å². The lowest BCUT2D eigenvalue weighted by molar-refractivity contribution is 0.296. The smallest absolute Gasteiger partial charge is 0.205 e. The highest BCUT2D eigenvalue weighted by atomic mass is 32.2. The van der Waals surface area contributed by atoms with E-state index in [2.05, 4.69) is 15.5 Å². The summed E-state index contributed by atoms with van der Waals surface area (Å²) in [4.78, 5) is 0. The van der Waals surface area contributed by atoms with Gasteiger partial charge in [0, 0.05) is 18.9 Å². The van der Waals surface area contributed by atoms with Crippen molar-refractivity contribution in [2.45, 2.75) is 19.1 Å². The number of nitrogens with zero attached hydrogens (tertiary/aromatic N) is 2. The van der Waals surface area contributed by atoms with Crippen LogP contribution in [0.2, 0.25) is 0 Å². The third kappa shape index (κ3) is 4.26. The van der Waals surface area contributed by atoms with Crippen molar-refractivity contribution in [3.05, 3.63) is 5.01 Å². The highest BCUT2D eigenvalue weighted by Crippen LogP contribution is 2.20. The van der Waals surface area contributed by atoms with Crippen LogP contribution in [-0.2, 0) is 5.75 Å². The molecule has 1 aromatic heterocycles. The van der Waals surface area contributed by atoms with E-state index in [0.29, 0.717) is 0 Å². The first-order chi connectivity index (χ1) is 6.86. The van der Waals surface area contributed by atoms with Crippen LogP contribution in [-0.4, -0.2) is 34.2 Å². The van der Waals surface area contributed by atoms with Crippen molar-refractivity contribution in [3.63, 3.8) is 0 Å². The Labute approximate surface area is 92.1 Å². The van der Waals surface area contributed by atoms with Gasteiger partial charge in [0.25, 0.3) is 0 Å². The highest BCUT2D eigenvalue weighted by Gasteiger charge is 2.02. The van der Waals surface area contributed by atoms with Crippen molar-refractivity contribution in [1.82, 2.24) is 10.2 Å². The molecule has 0 saturated carbocycles. The van der Waals surface area contributed by atoms with Gasteiger partial charge in [-0.1, -0.05) is 11.3 Å². The second kappa shape index (κ2) is 7.03. The largest absolute Gasteiger partial charge is 0.396 e. The predicted molar refractivity (Wildman–Crippen MR) is 61.9 cm³/mol. The summed E-state index contributed by atoms with van der Waals surface area (Å²) in [5, 5.41) is 21.7. The molecule has 0 radical (unpaired) electrons. The number of hydrogen-bond donors (Lipinski definition) is 2. The molecule has 0 spiro atoms. The second-order valence-electron chi connectivity index (χ2n) is 2.66. The summed E-state index contributed by atoms with van der Waals surface area (Å²) in [5.41, 5.74) is 0. The first-order valence-corrected chi connectivity index (χ1v) is 6.58. The number of anilines is 1. The van der Waals surface area contributed by atoms with Crippen LogP contribution in [0, 0.1) is 0 Å². The minimum Gasteiger partial charge on any atom is -0.396 e. The predicted octanol–water partition coefficient (Wildman–Crippen LogP) is 1.59. The number of aromatic nitrogens is 2. The van der Waals surface area contributed by atoms with Crippen molar-refractivity contribution in [3.8, 4) is 0 Å². The Morgan fingerprint density at radius 1 is 1.50 bits per heavy atom. The Morgan fingerprint density at radius 3 is 3.07 bits per heavy atom. The zero-order valence-electron chi connectivity index (χ0n) is 8.19. The lowest BCUT2D eigenvalue weighted by atomic mass is 10.5. The van der Waals surface area contributed by atoms with Crippen molar-refractivity contribution < 1.29 is 5.11 Å². The van der Waals surface area contributed by atoms with Gasteiger partial charge >= 0.3 is 0 Å². The maximum atomic E-state index is 8.59. The summed E-state index contributed by atoms with van der Waals surface area (Å²) < 4.78 is 0. The Hall–Kier alpha value is -0.330. The molecule has 1 rings (SSSR count). The van der Waals surface area contributed by atoms with Crippen molar-refractivity contribution >= 4 is 28.2 Å². The van der Waals surface area contributed by atoms with Gasteiger partial charge in [0.15, 0.2) is 0 Å². The van der Waals surface area contributed by atoms with Crippen LogP contribution in [0.5, 0.6) is 0 Å². The molecule has 0 unspecified atom stereocenters. The average molecular weight is 233 g/mol. The molecule has 0 aromatic carbocycles. The van der Waals surface area contributed by atoms with Gasteiger partial charge in [-0.05, 0) is 19.1 Å². The number of rotatable bonds is 7. The van der Waals surface area contributed by atoms with Crippen molar-refractivity contribution in [1.29, 1.82) is 0 Å². The van der Waals surface area contributed by atoms with E-state index < -0.39 is 0 Å². The van der Waals surface area contributed by atoms with Crippen LogP contribution in [0.25, 0.3) is 0 Å². The number of hydrogen-bond acceptors (Lipinski definition) is 6. The minimum absolute atomic E-state index is 0.270. The molecule has 1 heterocycles. The quantitative estimate of drug-likeness (QED) is 0.700. The Balaban J connectivity index is 2.22. The second-order valence-corrected chi connectivity index (χ2v) is 4.83. The van der Waals surface area contributed by atoms with E-state index in [1.54, 1.807) is 23.1 Å². The average Bonchev–Trinajstić information content (AvgIpc) is 2.61. The molecule has 1 aromatic rings. The molecule has 14 heavy (non-hydrogen) atoms. The maximum Gasteiger partial charge on any atom is 0.205 e. The number of aliphatic hydroxyl groups excluding tert-OH is 1. The molecular formula is C8H15N3OS2. The maximum absolute atomic E-state index is 8.59. The minimum atomic E-state index is 0.270. The Morgan fingerprint density at radius 2 is 2.36 bits per heavy atom. The van der Waals surface area contributed by atoms with Crippen LogP contribution >= 0.6 is 23.1 Å². The Bertz CT molecular complexity index is 254. The third-order valence-electron chi connectivity index (χ3n) is 1.47. The zero-order chi connectivity index (χ0) is 10.2. The van der Waals surface area contributed by atoms with Crippen LogP contribution in [0.15, 0.2) is 0 Å². The summed E-state index contributed by atoms with van der Waals surface area (Å²) in [5.74, 6) is 1.87. The summed E-state index contributed by atoms with van der Waals surface area (Å²) in [7, 11) is 0. The molecule has 2 N–H and O–H groups in total. The summed E-state index contributed by atoms with van der Waals surface area (Å²) >= 11 is 3.38. The third-order valence-corrected chi connectivity index (χ3v) is 3.59. The van der Waals surface area contributed by atoms with E-state index in [1.165, 1.54) is 0 Å². The number of nitrogens with one attached hydrogen (secondary N) is 1. The molecule has 0 bridgehead atoms. The topological polar surface area (TPSA) is 58.0 Å². The van der Waals surface area contributed by atoms with Gasteiger partial charge in [-0.25, -0.2) is 0 Å². The molecular weight excluding hydrogens is 218 g/mol. The molecule has 0 aliphatic heterocycles. The van der Waals surface area contributed by atoms with Gasteiger partial charge in [-0.15, -0.1) is 10.2 Å². The monoisotopic (exact) mass is 233 g/mol. The van der Waals surface area contributed by atoms with E-state index in [9.17, 15) is 0 Å². The molecule has 0 amide bonds. The fraction of sp³-hybridized carbons (Fsp3) is 0.750. The van der Waals surface area contributed by atoms with Gasteiger partial charge in [0.2, 0.25) is 5.13 Å². The van der Waals surface area contributed by atoms with Crippen LogP contribution < -0.4 is 5.32 Å². The van der Waals surface area contributed by atoms with Gasteiger partial charge in [-0.3, -0.25) is 0 Å². The molecule has 0 fully saturated rings. The molecule has 0 atom stereocenters. The molecule has 6 heteroatoms. The lowest BCUT2D eigenvalue weighted by Gasteiger charge is -1.95. The standard InChI is InChI=1S/C8H15N3OS2/c1-2-9-8-11-10-7(14-8)6-13-5-3-4-12/h12H,2-6H2,1H3,(H,9,11). The highest BCUT2D eigenvalue weighted by molar-refractivity contribution is 7.98. The fourth-order valence-corrected chi connectivity index (χ4v) is 2.66. The molecule has 0 aliphatic rings. The van der Waals surface area contributed by atoms with E-state index in [-0.39, 0.29) is 6.61 Å².